The molecule has 1 aromatic heterocycles. The second-order valence-electron chi connectivity index (χ2n) is 4.67. The number of alkyl halides is 3. The molecule has 0 amide bonds. The van der Waals surface area contributed by atoms with Crippen molar-refractivity contribution in [2.24, 2.45) is 0 Å². The van der Waals surface area contributed by atoms with Crippen LogP contribution in [-0.4, -0.2) is 27.1 Å². The van der Waals surface area contributed by atoms with Gasteiger partial charge in [-0.15, -0.1) is 0 Å². The van der Waals surface area contributed by atoms with Crippen LogP contribution in [-0.2, 0) is 22.1 Å². The number of nitro benzene ring substituents is 1. The van der Waals surface area contributed by atoms with Crippen molar-refractivity contribution >= 4 is 11.7 Å². The number of rotatable bonds is 5. The first-order valence-electron chi connectivity index (χ1n) is 6.78. The molecular formula is C14H12F3N3O4. The molecule has 10 heteroatoms. The van der Waals surface area contributed by atoms with Gasteiger partial charge in [0.25, 0.3) is 5.69 Å². The summed E-state index contributed by atoms with van der Waals surface area (Å²) in [7, 11) is 0. The molecule has 0 atom stereocenters. The molecule has 1 heterocycles. The summed E-state index contributed by atoms with van der Waals surface area (Å²) in [6.07, 6.45) is -4.41. The van der Waals surface area contributed by atoms with Gasteiger partial charge >= 0.3 is 12.1 Å². The number of nitrogens with zero attached hydrogens (tertiary/aromatic N) is 3. The Morgan fingerprint density at radius 1 is 1.33 bits per heavy atom. The van der Waals surface area contributed by atoms with E-state index < -0.39 is 29.2 Å². The molecule has 7 nitrogen and oxygen atoms in total. The average Bonchev–Trinajstić information content (AvgIpc) is 2.91. The summed E-state index contributed by atoms with van der Waals surface area (Å²) in [6, 6.07) is 4.84. The zero-order chi connectivity index (χ0) is 17.9. The number of ether oxygens (including phenoxy) is 1. The molecule has 0 bridgehead atoms. The van der Waals surface area contributed by atoms with Gasteiger partial charge in [-0.2, -0.15) is 13.2 Å². The number of benzene rings is 1. The summed E-state index contributed by atoms with van der Waals surface area (Å²) >= 11 is 0. The second kappa shape index (κ2) is 6.69. The van der Waals surface area contributed by atoms with Crippen LogP contribution in [0.25, 0.3) is 5.69 Å². The third kappa shape index (κ3) is 3.89. The third-order valence-electron chi connectivity index (χ3n) is 3.02. The highest BCUT2D eigenvalue weighted by atomic mass is 19.4. The van der Waals surface area contributed by atoms with Crippen LogP contribution in [0.4, 0.5) is 18.9 Å². The first kappa shape index (κ1) is 17.4. The molecule has 2 rings (SSSR count). The largest absolute Gasteiger partial charge is 0.466 e. The Hall–Kier alpha value is -2.91. The van der Waals surface area contributed by atoms with Crippen LogP contribution in [0.1, 0.15) is 18.4 Å². The van der Waals surface area contributed by atoms with Crippen LogP contribution in [0.5, 0.6) is 0 Å². The van der Waals surface area contributed by atoms with Gasteiger partial charge in [-0.25, -0.2) is 4.98 Å². The first-order valence-corrected chi connectivity index (χ1v) is 6.78. The smallest absolute Gasteiger partial charge is 0.434 e. The van der Waals surface area contributed by atoms with Crippen LogP contribution >= 0.6 is 0 Å². The van der Waals surface area contributed by atoms with Crippen LogP contribution in [0.15, 0.2) is 30.5 Å². The fourth-order valence-electron chi connectivity index (χ4n) is 1.98. The van der Waals surface area contributed by atoms with Crippen molar-refractivity contribution in [2.45, 2.75) is 19.5 Å². The number of carbonyl (C=O) groups is 1. The topological polar surface area (TPSA) is 87.3 Å². The Bertz CT molecular complexity index is 754. The summed E-state index contributed by atoms with van der Waals surface area (Å²) in [4.78, 5) is 25.0. The van der Waals surface area contributed by atoms with Crippen molar-refractivity contribution in [3.8, 4) is 5.69 Å². The minimum Gasteiger partial charge on any atom is -0.466 e. The van der Waals surface area contributed by atoms with Gasteiger partial charge in [0, 0.05) is 24.0 Å². The molecule has 1 aromatic carbocycles. The van der Waals surface area contributed by atoms with Gasteiger partial charge in [-0.1, -0.05) is 0 Å². The normalized spacial score (nSPS) is 11.3. The Labute approximate surface area is 133 Å². The number of halogens is 3. The Kier molecular flexibility index (Phi) is 4.86. The Morgan fingerprint density at radius 2 is 1.96 bits per heavy atom. The van der Waals surface area contributed by atoms with Gasteiger partial charge in [0.05, 0.1) is 11.5 Å². The maximum absolute atomic E-state index is 12.9. The van der Waals surface area contributed by atoms with E-state index in [1.165, 1.54) is 12.1 Å². The van der Waals surface area contributed by atoms with Gasteiger partial charge < -0.3 is 9.30 Å². The summed E-state index contributed by atoms with van der Waals surface area (Å²) in [5.41, 5.74) is -1.16. The van der Waals surface area contributed by atoms with Gasteiger partial charge in [0.15, 0.2) is 5.69 Å². The monoisotopic (exact) mass is 343 g/mol. The maximum Gasteiger partial charge on any atom is 0.434 e. The van der Waals surface area contributed by atoms with Crippen molar-refractivity contribution in [3.63, 3.8) is 0 Å². The van der Waals surface area contributed by atoms with Crippen LogP contribution in [0.3, 0.4) is 0 Å². The average molecular weight is 343 g/mol. The lowest BCUT2D eigenvalue weighted by molar-refractivity contribution is -0.384. The highest BCUT2D eigenvalue weighted by Gasteiger charge is 2.35. The van der Waals surface area contributed by atoms with Crippen molar-refractivity contribution in [2.75, 3.05) is 6.61 Å². The second-order valence-corrected chi connectivity index (χ2v) is 4.67. The van der Waals surface area contributed by atoms with E-state index in [0.717, 1.165) is 22.9 Å². The predicted molar refractivity (Wildman–Crippen MR) is 75.6 cm³/mol. The van der Waals surface area contributed by atoms with E-state index in [9.17, 15) is 28.1 Å². The molecule has 128 valence electrons. The molecule has 0 spiro atoms. The molecule has 0 radical (unpaired) electrons. The summed E-state index contributed by atoms with van der Waals surface area (Å²) in [5, 5.41) is 10.6. The molecule has 0 saturated carbocycles. The number of imidazole rings is 1. The zero-order valence-corrected chi connectivity index (χ0v) is 12.4. The predicted octanol–water partition coefficient (Wildman–Crippen LogP) is 2.90. The van der Waals surface area contributed by atoms with Crippen molar-refractivity contribution < 1.29 is 27.6 Å². The van der Waals surface area contributed by atoms with Gasteiger partial charge in [-0.05, 0) is 19.1 Å². The lowest BCUT2D eigenvalue weighted by Gasteiger charge is -2.07. The molecule has 0 fully saturated rings. The molecule has 0 aliphatic heterocycles. The number of hydrogen-bond acceptors (Lipinski definition) is 5. The van der Waals surface area contributed by atoms with E-state index in [2.05, 4.69) is 4.98 Å². The summed E-state index contributed by atoms with van der Waals surface area (Å²) in [5.74, 6) is -0.894. The third-order valence-corrected chi connectivity index (χ3v) is 3.02. The summed E-state index contributed by atoms with van der Waals surface area (Å²) in [6.45, 7) is 1.66. The minimum atomic E-state index is -4.69. The molecule has 0 saturated heterocycles. The highest BCUT2D eigenvalue weighted by Crippen LogP contribution is 2.30. The molecule has 0 aliphatic carbocycles. The summed E-state index contributed by atoms with van der Waals surface area (Å²) < 4.78 is 44.4. The zero-order valence-electron chi connectivity index (χ0n) is 12.4. The molecular weight excluding hydrogens is 331 g/mol. The lowest BCUT2D eigenvalue weighted by Crippen LogP contribution is -2.12. The highest BCUT2D eigenvalue weighted by molar-refractivity contribution is 5.71. The van der Waals surface area contributed by atoms with Gasteiger partial charge in [-0.3, -0.25) is 14.9 Å². The van der Waals surface area contributed by atoms with E-state index in [4.69, 9.17) is 4.74 Å². The number of carbonyl (C=O) groups excluding carboxylic acids is 1. The fourth-order valence-corrected chi connectivity index (χ4v) is 1.98. The molecule has 0 unspecified atom stereocenters. The standard InChI is InChI=1S/C14H12F3N3O4/c1-2-24-13(21)7-12-18-11(14(15,16)17)8-19(12)9-3-5-10(6-4-9)20(22)23/h3-6,8H,2,7H2,1H3. The minimum absolute atomic E-state index is 0.0865. The lowest BCUT2D eigenvalue weighted by atomic mass is 10.2. The van der Waals surface area contributed by atoms with E-state index in [1.54, 1.807) is 6.92 Å². The Morgan fingerprint density at radius 3 is 2.46 bits per heavy atom. The molecule has 24 heavy (non-hydrogen) atoms. The SMILES string of the molecule is CCOC(=O)Cc1nc(C(F)(F)F)cn1-c1ccc([N+](=O)[O-])cc1. The van der Waals surface area contributed by atoms with Crippen molar-refractivity contribution in [3.05, 3.63) is 52.1 Å². The number of hydrogen-bond donors (Lipinski definition) is 0. The van der Waals surface area contributed by atoms with Crippen molar-refractivity contribution in [1.29, 1.82) is 0 Å². The van der Waals surface area contributed by atoms with E-state index >= 15 is 0 Å². The first-order chi connectivity index (χ1) is 11.2. The molecule has 0 aliphatic rings. The maximum atomic E-state index is 12.9. The van der Waals surface area contributed by atoms with Crippen LogP contribution < -0.4 is 0 Å². The molecule has 2 aromatic rings. The van der Waals surface area contributed by atoms with Crippen molar-refractivity contribution in [1.82, 2.24) is 9.55 Å². The van der Waals surface area contributed by atoms with Gasteiger partial charge in [0.1, 0.15) is 12.2 Å². The van der Waals surface area contributed by atoms with E-state index in [1.807, 2.05) is 0 Å². The number of non-ortho nitro benzene ring substituents is 1. The van der Waals surface area contributed by atoms with Crippen LogP contribution in [0, 0.1) is 10.1 Å². The van der Waals surface area contributed by atoms with Gasteiger partial charge in [0.2, 0.25) is 0 Å². The number of nitro groups is 1. The van der Waals surface area contributed by atoms with E-state index in [-0.39, 0.29) is 23.8 Å². The quantitative estimate of drug-likeness (QED) is 0.473. The Balaban J connectivity index is 2.44. The fraction of sp³-hybridized carbons (Fsp3) is 0.286. The van der Waals surface area contributed by atoms with Crippen LogP contribution in [0.2, 0.25) is 0 Å². The number of aromatic nitrogens is 2. The molecule has 0 N–H and O–H groups in total. The van der Waals surface area contributed by atoms with E-state index in [0.29, 0.717) is 0 Å². The number of esters is 1.